The van der Waals surface area contributed by atoms with E-state index in [-0.39, 0.29) is 0 Å². The molecule has 1 aromatic heterocycles. The van der Waals surface area contributed by atoms with Crippen LogP contribution in [-0.4, -0.2) is 35.6 Å². The van der Waals surface area contributed by atoms with Crippen LogP contribution < -0.4 is 5.32 Å². The molecule has 3 nitrogen and oxygen atoms in total. The molecule has 0 saturated carbocycles. The SMILES string of the molecule is CCCN1CCCC(NCc2nc3ccccc3s2)CC1. The molecule has 0 amide bonds. The first-order valence-corrected chi connectivity index (χ1v) is 8.97. The Morgan fingerprint density at radius 1 is 1.29 bits per heavy atom. The molecule has 21 heavy (non-hydrogen) atoms. The van der Waals surface area contributed by atoms with Crippen molar-refractivity contribution < 1.29 is 0 Å². The number of para-hydroxylation sites is 1. The van der Waals surface area contributed by atoms with Crippen LogP contribution in [0.3, 0.4) is 0 Å². The first-order valence-electron chi connectivity index (χ1n) is 8.15. The normalized spacial score (nSPS) is 20.7. The fourth-order valence-corrected chi connectivity index (χ4v) is 4.05. The molecule has 0 bridgehead atoms. The summed E-state index contributed by atoms with van der Waals surface area (Å²) in [6, 6.07) is 9.06. The topological polar surface area (TPSA) is 28.2 Å². The van der Waals surface area contributed by atoms with Crippen molar-refractivity contribution in [3.8, 4) is 0 Å². The van der Waals surface area contributed by atoms with Gasteiger partial charge < -0.3 is 10.2 Å². The van der Waals surface area contributed by atoms with Gasteiger partial charge in [-0.05, 0) is 57.5 Å². The van der Waals surface area contributed by atoms with Crippen molar-refractivity contribution in [2.24, 2.45) is 0 Å². The Hall–Kier alpha value is -0.970. The summed E-state index contributed by atoms with van der Waals surface area (Å²) >= 11 is 1.82. The first kappa shape index (κ1) is 14.9. The van der Waals surface area contributed by atoms with Gasteiger partial charge in [0.2, 0.25) is 0 Å². The van der Waals surface area contributed by atoms with E-state index in [0.717, 1.165) is 12.1 Å². The van der Waals surface area contributed by atoms with Gasteiger partial charge >= 0.3 is 0 Å². The maximum absolute atomic E-state index is 4.71. The summed E-state index contributed by atoms with van der Waals surface area (Å²) in [5.74, 6) is 0. The summed E-state index contributed by atoms with van der Waals surface area (Å²) in [4.78, 5) is 7.32. The number of hydrogen-bond donors (Lipinski definition) is 1. The third-order valence-corrected chi connectivity index (χ3v) is 5.28. The number of thiazole rings is 1. The Morgan fingerprint density at radius 3 is 3.05 bits per heavy atom. The second-order valence-corrected chi connectivity index (χ2v) is 7.04. The average molecular weight is 303 g/mol. The highest BCUT2D eigenvalue weighted by Gasteiger charge is 2.16. The minimum Gasteiger partial charge on any atom is -0.308 e. The molecule has 4 heteroatoms. The number of hydrogen-bond acceptors (Lipinski definition) is 4. The van der Waals surface area contributed by atoms with Crippen molar-refractivity contribution in [2.45, 2.75) is 45.2 Å². The van der Waals surface area contributed by atoms with E-state index in [2.05, 4.69) is 41.4 Å². The molecular weight excluding hydrogens is 278 g/mol. The van der Waals surface area contributed by atoms with Gasteiger partial charge in [0, 0.05) is 12.6 Å². The molecule has 3 rings (SSSR count). The number of nitrogens with one attached hydrogen (secondary N) is 1. The van der Waals surface area contributed by atoms with Crippen LogP contribution in [0.2, 0.25) is 0 Å². The van der Waals surface area contributed by atoms with E-state index in [9.17, 15) is 0 Å². The molecule has 1 unspecified atom stereocenters. The van der Waals surface area contributed by atoms with E-state index in [4.69, 9.17) is 4.98 Å². The summed E-state index contributed by atoms with van der Waals surface area (Å²) in [6.07, 6.45) is 5.15. The molecule has 1 N–H and O–H groups in total. The Kier molecular flexibility index (Phi) is 5.22. The quantitative estimate of drug-likeness (QED) is 0.914. The van der Waals surface area contributed by atoms with Crippen LogP contribution >= 0.6 is 11.3 Å². The monoisotopic (exact) mass is 303 g/mol. The van der Waals surface area contributed by atoms with Crippen molar-refractivity contribution in [3.63, 3.8) is 0 Å². The Labute approximate surface area is 131 Å². The zero-order valence-electron chi connectivity index (χ0n) is 12.8. The third-order valence-electron chi connectivity index (χ3n) is 4.24. The molecule has 1 aromatic carbocycles. The highest BCUT2D eigenvalue weighted by Crippen LogP contribution is 2.21. The summed E-state index contributed by atoms with van der Waals surface area (Å²) in [5.41, 5.74) is 1.13. The Balaban J connectivity index is 1.52. The van der Waals surface area contributed by atoms with Crippen molar-refractivity contribution >= 4 is 21.6 Å². The molecule has 0 radical (unpaired) electrons. The van der Waals surface area contributed by atoms with Gasteiger partial charge in [-0.1, -0.05) is 19.1 Å². The van der Waals surface area contributed by atoms with Gasteiger partial charge in [0.05, 0.1) is 10.2 Å². The number of rotatable bonds is 5. The zero-order valence-corrected chi connectivity index (χ0v) is 13.7. The highest BCUT2D eigenvalue weighted by molar-refractivity contribution is 7.18. The van der Waals surface area contributed by atoms with Crippen LogP contribution in [0.15, 0.2) is 24.3 Å². The van der Waals surface area contributed by atoms with E-state index in [0.29, 0.717) is 6.04 Å². The number of fused-ring (bicyclic) bond motifs is 1. The van der Waals surface area contributed by atoms with Gasteiger partial charge in [-0.2, -0.15) is 0 Å². The summed E-state index contributed by atoms with van der Waals surface area (Å²) < 4.78 is 1.30. The van der Waals surface area contributed by atoms with Crippen LogP contribution in [0, 0.1) is 0 Å². The minimum atomic E-state index is 0.652. The molecule has 2 heterocycles. The number of nitrogens with zero attached hydrogens (tertiary/aromatic N) is 2. The number of aromatic nitrogens is 1. The molecule has 1 aliphatic rings. The Morgan fingerprint density at radius 2 is 2.19 bits per heavy atom. The maximum atomic E-state index is 4.71. The molecule has 1 aliphatic heterocycles. The average Bonchev–Trinajstić information content (AvgIpc) is 2.79. The first-order chi connectivity index (χ1) is 10.3. The molecule has 2 aromatic rings. The third kappa shape index (κ3) is 4.02. The predicted molar refractivity (Wildman–Crippen MR) is 90.8 cm³/mol. The van der Waals surface area contributed by atoms with Gasteiger partial charge in [-0.15, -0.1) is 11.3 Å². The van der Waals surface area contributed by atoms with E-state index < -0.39 is 0 Å². The van der Waals surface area contributed by atoms with Crippen molar-refractivity contribution in [1.82, 2.24) is 15.2 Å². The lowest BCUT2D eigenvalue weighted by Gasteiger charge is -2.19. The van der Waals surface area contributed by atoms with E-state index in [1.54, 1.807) is 0 Å². The highest BCUT2D eigenvalue weighted by atomic mass is 32.1. The molecule has 0 spiro atoms. The van der Waals surface area contributed by atoms with Crippen LogP contribution in [0.4, 0.5) is 0 Å². The van der Waals surface area contributed by atoms with E-state index in [1.807, 2.05) is 11.3 Å². The van der Waals surface area contributed by atoms with E-state index >= 15 is 0 Å². The minimum absolute atomic E-state index is 0.652. The van der Waals surface area contributed by atoms with E-state index in [1.165, 1.54) is 55.0 Å². The van der Waals surface area contributed by atoms with Gasteiger partial charge in [0.1, 0.15) is 5.01 Å². The predicted octanol–water partition coefficient (Wildman–Crippen LogP) is 3.65. The Bertz CT molecular complexity index is 533. The van der Waals surface area contributed by atoms with Gasteiger partial charge in [0.25, 0.3) is 0 Å². The standard InChI is InChI=1S/C17H25N3S/c1-2-10-20-11-5-6-14(9-12-20)18-13-17-19-15-7-3-4-8-16(15)21-17/h3-4,7-8,14,18H,2,5-6,9-13H2,1H3. The molecular formula is C17H25N3S. The van der Waals surface area contributed by atoms with Gasteiger partial charge in [0.15, 0.2) is 0 Å². The van der Waals surface area contributed by atoms with Crippen LogP contribution in [-0.2, 0) is 6.54 Å². The fourth-order valence-electron chi connectivity index (χ4n) is 3.13. The second kappa shape index (κ2) is 7.34. The molecule has 1 fully saturated rings. The number of benzene rings is 1. The van der Waals surface area contributed by atoms with Crippen LogP contribution in [0.25, 0.3) is 10.2 Å². The lowest BCUT2D eigenvalue weighted by molar-refractivity contribution is 0.282. The number of likely N-dealkylation sites (tertiary alicyclic amines) is 1. The molecule has 1 saturated heterocycles. The summed E-state index contributed by atoms with van der Waals surface area (Å²) in [7, 11) is 0. The summed E-state index contributed by atoms with van der Waals surface area (Å²) in [5, 5.41) is 4.94. The fraction of sp³-hybridized carbons (Fsp3) is 0.588. The smallest absolute Gasteiger partial charge is 0.108 e. The maximum Gasteiger partial charge on any atom is 0.108 e. The lowest BCUT2D eigenvalue weighted by atomic mass is 10.1. The van der Waals surface area contributed by atoms with Crippen molar-refractivity contribution in [1.29, 1.82) is 0 Å². The largest absolute Gasteiger partial charge is 0.308 e. The van der Waals surface area contributed by atoms with Crippen LogP contribution in [0.5, 0.6) is 0 Å². The summed E-state index contributed by atoms with van der Waals surface area (Å²) in [6.45, 7) is 6.95. The van der Waals surface area contributed by atoms with Gasteiger partial charge in [-0.3, -0.25) is 0 Å². The molecule has 114 valence electrons. The van der Waals surface area contributed by atoms with Gasteiger partial charge in [-0.25, -0.2) is 4.98 Å². The second-order valence-electron chi connectivity index (χ2n) is 5.93. The molecule has 1 atom stereocenters. The molecule has 0 aliphatic carbocycles. The van der Waals surface area contributed by atoms with Crippen LogP contribution in [0.1, 0.15) is 37.6 Å². The van der Waals surface area contributed by atoms with Crippen molar-refractivity contribution in [2.75, 3.05) is 19.6 Å². The lowest BCUT2D eigenvalue weighted by Crippen LogP contribution is -2.30. The zero-order chi connectivity index (χ0) is 14.5. The van der Waals surface area contributed by atoms with Crippen molar-refractivity contribution in [3.05, 3.63) is 29.3 Å².